The molecule has 2 rings (SSSR count). The standard InChI is InChI=1S/C12H13N3O2S/c1-2-14(9-11-4-3-7-18-11)12-6-5-10(8-13-12)15(16)17/h3-8H,2,9H2,1H3. The Balaban J connectivity index is 2.14. The molecule has 0 bridgehead atoms. The van der Waals surface area contributed by atoms with Crippen LogP contribution in [0.5, 0.6) is 0 Å². The normalized spacial score (nSPS) is 10.3. The van der Waals surface area contributed by atoms with Crippen molar-refractivity contribution in [3.63, 3.8) is 0 Å². The lowest BCUT2D eigenvalue weighted by atomic mass is 10.3. The fraction of sp³-hybridized carbons (Fsp3) is 0.250. The second-order valence-electron chi connectivity index (χ2n) is 3.73. The molecule has 0 aromatic carbocycles. The van der Waals surface area contributed by atoms with Gasteiger partial charge in [0.25, 0.3) is 5.69 Å². The molecule has 18 heavy (non-hydrogen) atoms. The Labute approximate surface area is 109 Å². The van der Waals surface area contributed by atoms with E-state index in [1.165, 1.54) is 17.1 Å². The van der Waals surface area contributed by atoms with Crippen LogP contribution in [0.1, 0.15) is 11.8 Å². The molecule has 5 nitrogen and oxygen atoms in total. The van der Waals surface area contributed by atoms with Gasteiger partial charge in [-0.15, -0.1) is 11.3 Å². The maximum atomic E-state index is 10.6. The van der Waals surface area contributed by atoms with E-state index in [1.54, 1.807) is 17.4 Å². The minimum Gasteiger partial charge on any atom is -0.352 e. The van der Waals surface area contributed by atoms with E-state index in [0.717, 1.165) is 18.9 Å². The molecule has 2 heterocycles. The minimum atomic E-state index is -0.438. The summed E-state index contributed by atoms with van der Waals surface area (Å²) in [7, 11) is 0. The van der Waals surface area contributed by atoms with Crippen LogP contribution in [0.2, 0.25) is 0 Å². The molecule has 0 atom stereocenters. The summed E-state index contributed by atoms with van der Waals surface area (Å²) in [5.74, 6) is 0.761. The first-order chi connectivity index (χ1) is 8.70. The smallest absolute Gasteiger partial charge is 0.287 e. The van der Waals surface area contributed by atoms with Crippen molar-refractivity contribution in [1.82, 2.24) is 4.98 Å². The zero-order valence-electron chi connectivity index (χ0n) is 9.94. The van der Waals surface area contributed by atoms with Gasteiger partial charge in [0.15, 0.2) is 0 Å². The number of hydrogen-bond acceptors (Lipinski definition) is 5. The van der Waals surface area contributed by atoms with Gasteiger partial charge in [-0.25, -0.2) is 4.98 Å². The zero-order valence-corrected chi connectivity index (χ0v) is 10.8. The number of anilines is 1. The summed E-state index contributed by atoms with van der Waals surface area (Å²) in [5.41, 5.74) is 0.0194. The predicted molar refractivity (Wildman–Crippen MR) is 71.9 cm³/mol. The third kappa shape index (κ3) is 2.84. The lowest BCUT2D eigenvalue weighted by molar-refractivity contribution is -0.385. The van der Waals surface area contributed by atoms with Crippen molar-refractivity contribution in [3.05, 3.63) is 50.8 Å². The Kier molecular flexibility index (Phi) is 3.88. The van der Waals surface area contributed by atoms with Crippen LogP contribution in [0.15, 0.2) is 35.8 Å². The van der Waals surface area contributed by atoms with Crippen molar-refractivity contribution in [1.29, 1.82) is 0 Å². The fourth-order valence-corrected chi connectivity index (χ4v) is 2.34. The molecule has 0 saturated carbocycles. The van der Waals surface area contributed by atoms with Gasteiger partial charge in [-0.2, -0.15) is 0 Å². The van der Waals surface area contributed by atoms with Gasteiger partial charge in [-0.3, -0.25) is 10.1 Å². The van der Waals surface area contributed by atoms with Gasteiger partial charge < -0.3 is 4.90 Å². The van der Waals surface area contributed by atoms with Crippen molar-refractivity contribution >= 4 is 22.8 Å². The number of thiophene rings is 1. The lowest BCUT2D eigenvalue weighted by Crippen LogP contribution is -2.22. The third-order valence-corrected chi connectivity index (χ3v) is 3.44. The molecule has 0 aliphatic rings. The van der Waals surface area contributed by atoms with E-state index < -0.39 is 4.92 Å². The van der Waals surface area contributed by atoms with Crippen LogP contribution in [-0.2, 0) is 6.54 Å². The van der Waals surface area contributed by atoms with Crippen LogP contribution in [0.3, 0.4) is 0 Å². The van der Waals surface area contributed by atoms with E-state index in [2.05, 4.69) is 16.0 Å². The van der Waals surface area contributed by atoms with Gasteiger partial charge >= 0.3 is 0 Å². The highest BCUT2D eigenvalue weighted by Gasteiger charge is 2.10. The van der Waals surface area contributed by atoms with Crippen LogP contribution in [0.25, 0.3) is 0 Å². The summed E-state index contributed by atoms with van der Waals surface area (Å²) in [6.07, 6.45) is 1.30. The molecule has 0 aliphatic carbocycles. The predicted octanol–water partition coefficient (Wildman–Crippen LogP) is 3.08. The molecule has 6 heteroatoms. The summed E-state index contributed by atoms with van der Waals surface area (Å²) in [5, 5.41) is 12.6. The molecule has 0 spiro atoms. The van der Waals surface area contributed by atoms with Gasteiger partial charge in [0.1, 0.15) is 12.0 Å². The second-order valence-corrected chi connectivity index (χ2v) is 4.76. The van der Waals surface area contributed by atoms with Crippen LogP contribution in [0, 0.1) is 10.1 Å². The maximum absolute atomic E-state index is 10.6. The highest BCUT2D eigenvalue weighted by molar-refractivity contribution is 7.09. The van der Waals surface area contributed by atoms with Gasteiger partial charge in [-0.1, -0.05) is 6.07 Å². The molecular weight excluding hydrogens is 250 g/mol. The number of nitrogens with zero attached hydrogens (tertiary/aromatic N) is 3. The number of rotatable bonds is 5. The summed E-state index contributed by atoms with van der Waals surface area (Å²) < 4.78 is 0. The topological polar surface area (TPSA) is 59.3 Å². The molecule has 0 aliphatic heterocycles. The molecule has 0 radical (unpaired) electrons. The second kappa shape index (κ2) is 5.59. The van der Waals surface area contributed by atoms with E-state index in [9.17, 15) is 10.1 Å². The van der Waals surface area contributed by atoms with Crippen LogP contribution >= 0.6 is 11.3 Å². The molecule has 0 saturated heterocycles. The molecule has 94 valence electrons. The quantitative estimate of drug-likeness (QED) is 0.614. The minimum absolute atomic E-state index is 0.0194. The lowest BCUT2D eigenvalue weighted by Gasteiger charge is -2.20. The molecule has 0 amide bonds. The van der Waals surface area contributed by atoms with Gasteiger partial charge in [-0.05, 0) is 24.4 Å². The number of pyridine rings is 1. The van der Waals surface area contributed by atoms with Crippen molar-refractivity contribution in [2.75, 3.05) is 11.4 Å². The Morgan fingerprint density at radius 3 is 2.78 bits per heavy atom. The van der Waals surface area contributed by atoms with E-state index in [-0.39, 0.29) is 5.69 Å². The average molecular weight is 263 g/mol. The first kappa shape index (κ1) is 12.5. The van der Waals surface area contributed by atoms with Gasteiger partial charge in [0.2, 0.25) is 0 Å². The van der Waals surface area contributed by atoms with Crippen LogP contribution < -0.4 is 4.90 Å². The summed E-state index contributed by atoms with van der Waals surface area (Å²) in [4.78, 5) is 17.6. The first-order valence-corrected chi connectivity index (χ1v) is 6.46. The third-order valence-electron chi connectivity index (χ3n) is 2.58. The highest BCUT2D eigenvalue weighted by atomic mass is 32.1. The highest BCUT2D eigenvalue weighted by Crippen LogP contribution is 2.19. The van der Waals surface area contributed by atoms with E-state index in [1.807, 2.05) is 18.4 Å². The van der Waals surface area contributed by atoms with Crippen LogP contribution in [-0.4, -0.2) is 16.5 Å². The molecule has 2 aromatic rings. The largest absolute Gasteiger partial charge is 0.352 e. The molecule has 2 aromatic heterocycles. The van der Waals surface area contributed by atoms with E-state index >= 15 is 0 Å². The van der Waals surface area contributed by atoms with E-state index in [4.69, 9.17) is 0 Å². The maximum Gasteiger partial charge on any atom is 0.287 e. The Hall–Kier alpha value is -1.95. The van der Waals surface area contributed by atoms with Gasteiger partial charge in [0, 0.05) is 17.5 Å². The van der Waals surface area contributed by atoms with Crippen LogP contribution in [0.4, 0.5) is 11.5 Å². The van der Waals surface area contributed by atoms with Crippen molar-refractivity contribution in [3.8, 4) is 0 Å². The number of aromatic nitrogens is 1. The Morgan fingerprint density at radius 2 is 2.28 bits per heavy atom. The summed E-state index contributed by atoms with van der Waals surface area (Å²) in [6, 6.07) is 7.25. The van der Waals surface area contributed by atoms with Gasteiger partial charge in [0.05, 0.1) is 11.5 Å². The molecule has 0 unspecified atom stereocenters. The van der Waals surface area contributed by atoms with E-state index in [0.29, 0.717) is 0 Å². The Morgan fingerprint density at radius 1 is 1.44 bits per heavy atom. The van der Waals surface area contributed by atoms with Crippen molar-refractivity contribution in [2.24, 2.45) is 0 Å². The zero-order chi connectivity index (χ0) is 13.0. The molecular formula is C12H13N3O2S. The summed E-state index contributed by atoms with van der Waals surface area (Å²) >= 11 is 1.69. The van der Waals surface area contributed by atoms with Crippen molar-refractivity contribution in [2.45, 2.75) is 13.5 Å². The summed E-state index contributed by atoms with van der Waals surface area (Å²) in [6.45, 7) is 3.62. The van der Waals surface area contributed by atoms with Crippen molar-refractivity contribution < 1.29 is 4.92 Å². The average Bonchev–Trinajstić information content (AvgIpc) is 2.89. The first-order valence-electron chi connectivity index (χ1n) is 5.58. The monoisotopic (exact) mass is 263 g/mol. The number of hydrogen-bond donors (Lipinski definition) is 0. The SMILES string of the molecule is CCN(Cc1cccs1)c1ccc([N+](=O)[O-])cn1. The number of nitro groups is 1. The fourth-order valence-electron chi connectivity index (χ4n) is 1.62. The molecule has 0 fully saturated rings. The molecule has 0 N–H and O–H groups in total. The Bertz CT molecular complexity index is 511.